The number of hydrogen-bond acceptors (Lipinski definition) is 4. The average molecular weight is 263 g/mol. The lowest BCUT2D eigenvalue weighted by Crippen LogP contribution is -2.29. The molecule has 6 heteroatoms. The monoisotopic (exact) mass is 263 g/mol. The Hall–Kier alpha value is -1.95. The summed E-state index contributed by atoms with van der Waals surface area (Å²) < 4.78 is 0. The number of aromatic carboxylic acids is 1. The van der Waals surface area contributed by atoms with E-state index in [0.29, 0.717) is 12.2 Å². The van der Waals surface area contributed by atoms with E-state index in [1.165, 1.54) is 12.3 Å². The van der Waals surface area contributed by atoms with Gasteiger partial charge >= 0.3 is 5.97 Å². The highest BCUT2D eigenvalue weighted by molar-refractivity contribution is 5.93. The number of hydrogen-bond donors (Lipinski definition) is 3. The van der Waals surface area contributed by atoms with Crippen LogP contribution < -0.4 is 11.1 Å². The molecule has 0 aliphatic heterocycles. The van der Waals surface area contributed by atoms with E-state index < -0.39 is 5.97 Å². The number of rotatable bonds is 4. The van der Waals surface area contributed by atoms with Gasteiger partial charge in [0.15, 0.2) is 0 Å². The summed E-state index contributed by atoms with van der Waals surface area (Å²) in [5.41, 5.74) is 6.12. The first-order chi connectivity index (χ1) is 9.11. The first kappa shape index (κ1) is 13.5. The number of nitrogens with one attached hydrogen (secondary N) is 1. The van der Waals surface area contributed by atoms with E-state index in [2.05, 4.69) is 10.3 Å². The number of amides is 1. The number of carbonyl (C=O) groups excluding carboxylic acids is 1. The molecule has 1 amide bonds. The summed E-state index contributed by atoms with van der Waals surface area (Å²) in [4.78, 5) is 26.5. The summed E-state index contributed by atoms with van der Waals surface area (Å²) in [6.07, 6.45) is 4.23. The largest absolute Gasteiger partial charge is 0.477 e. The van der Waals surface area contributed by atoms with Crippen LogP contribution in [0.1, 0.15) is 29.8 Å². The third kappa shape index (κ3) is 3.08. The van der Waals surface area contributed by atoms with Crippen molar-refractivity contribution in [2.24, 2.45) is 17.6 Å². The number of nitrogens with zero attached hydrogens (tertiary/aromatic N) is 1. The second kappa shape index (κ2) is 5.79. The SMILES string of the molecule is NCC1CCCC1C(=O)Nc1ccc(C(=O)O)nc1. The fraction of sp³-hybridized carbons (Fsp3) is 0.462. The second-order valence-corrected chi connectivity index (χ2v) is 4.76. The van der Waals surface area contributed by atoms with Crippen molar-refractivity contribution < 1.29 is 14.7 Å². The van der Waals surface area contributed by atoms with Gasteiger partial charge in [0.1, 0.15) is 5.69 Å². The van der Waals surface area contributed by atoms with Crippen molar-refractivity contribution in [2.75, 3.05) is 11.9 Å². The zero-order chi connectivity index (χ0) is 13.8. The molecule has 0 spiro atoms. The van der Waals surface area contributed by atoms with Crippen molar-refractivity contribution in [3.8, 4) is 0 Å². The van der Waals surface area contributed by atoms with Crippen molar-refractivity contribution in [2.45, 2.75) is 19.3 Å². The van der Waals surface area contributed by atoms with Crippen LogP contribution in [0.15, 0.2) is 18.3 Å². The zero-order valence-corrected chi connectivity index (χ0v) is 10.5. The van der Waals surface area contributed by atoms with Crippen LogP contribution in [0.5, 0.6) is 0 Å². The predicted octanol–water partition coefficient (Wildman–Crippen LogP) is 1.09. The lowest BCUT2D eigenvalue weighted by Gasteiger charge is -2.17. The average Bonchev–Trinajstić information content (AvgIpc) is 2.87. The molecule has 1 aliphatic carbocycles. The van der Waals surface area contributed by atoms with Crippen LogP contribution in [0, 0.1) is 11.8 Å². The molecule has 102 valence electrons. The predicted molar refractivity (Wildman–Crippen MR) is 69.7 cm³/mol. The molecule has 2 rings (SSSR count). The van der Waals surface area contributed by atoms with Gasteiger partial charge in [0.05, 0.1) is 11.9 Å². The zero-order valence-electron chi connectivity index (χ0n) is 10.5. The van der Waals surface area contributed by atoms with Gasteiger partial charge in [0, 0.05) is 5.92 Å². The Kier molecular flexibility index (Phi) is 4.11. The maximum Gasteiger partial charge on any atom is 0.354 e. The summed E-state index contributed by atoms with van der Waals surface area (Å²) in [5.74, 6) is -0.954. The highest BCUT2D eigenvalue weighted by Gasteiger charge is 2.31. The van der Waals surface area contributed by atoms with Crippen LogP contribution in [0.25, 0.3) is 0 Å². The van der Waals surface area contributed by atoms with Gasteiger partial charge in [-0.2, -0.15) is 0 Å². The van der Waals surface area contributed by atoms with Crippen molar-refractivity contribution in [1.29, 1.82) is 0 Å². The number of aromatic nitrogens is 1. The molecular formula is C13H17N3O3. The molecule has 2 atom stereocenters. The molecule has 1 saturated carbocycles. The third-order valence-electron chi connectivity index (χ3n) is 3.55. The summed E-state index contributed by atoms with van der Waals surface area (Å²) in [7, 11) is 0. The van der Waals surface area contributed by atoms with Crippen molar-refractivity contribution in [1.82, 2.24) is 4.98 Å². The Morgan fingerprint density at radius 2 is 2.21 bits per heavy atom. The third-order valence-corrected chi connectivity index (χ3v) is 3.55. The molecule has 0 aromatic carbocycles. The van der Waals surface area contributed by atoms with Crippen molar-refractivity contribution in [3.05, 3.63) is 24.0 Å². The normalized spacial score (nSPS) is 22.2. The fourth-order valence-electron chi connectivity index (χ4n) is 2.49. The van der Waals surface area contributed by atoms with Gasteiger partial charge in [-0.25, -0.2) is 9.78 Å². The quantitative estimate of drug-likeness (QED) is 0.754. The van der Waals surface area contributed by atoms with Gasteiger partial charge in [-0.15, -0.1) is 0 Å². The smallest absolute Gasteiger partial charge is 0.354 e. The van der Waals surface area contributed by atoms with Gasteiger partial charge in [0.2, 0.25) is 5.91 Å². The molecule has 1 aliphatic rings. The van der Waals surface area contributed by atoms with E-state index in [9.17, 15) is 9.59 Å². The number of carbonyl (C=O) groups is 2. The standard InChI is InChI=1S/C13H17N3O3/c14-6-8-2-1-3-10(8)12(17)16-9-4-5-11(13(18)19)15-7-9/h4-5,7-8,10H,1-3,6,14H2,(H,16,17)(H,18,19). The van der Waals surface area contributed by atoms with E-state index in [1.807, 2.05) is 0 Å². The number of carboxylic acids is 1. The molecular weight excluding hydrogens is 246 g/mol. The van der Waals surface area contributed by atoms with E-state index in [1.54, 1.807) is 6.07 Å². The summed E-state index contributed by atoms with van der Waals surface area (Å²) in [6.45, 7) is 0.522. The number of pyridine rings is 1. The van der Waals surface area contributed by atoms with E-state index in [0.717, 1.165) is 19.3 Å². The molecule has 1 heterocycles. The van der Waals surface area contributed by atoms with Gasteiger partial charge in [-0.05, 0) is 37.4 Å². The van der Waals surface area contributed by atoms with Crippen LogP contribution in [0.3, 0.4) is 0 Å². The topological polar surface area (TPSA) is 105 Å². The molecule has 1 fully saturated rings. The van der Waals surface area contributed by atoms with Crippen molar-refractivity contribution >= 4 is 17.6 Å². The molecule has 4 N–H and O–H groups in total. The molecule has 0 bridgehead atoms. The van der Waals surface area contributed by atoms with Gasteiger partial charge in [-0.3, -0.25) is 4.79 Å². The number of nitrogens with two attached hydrogens (primary N) is 1. The van der Waals surface area contributed by atoms with E-state index in [-0.39, 0.29) is 23.4 Å². The van der Waals surface area contributed by atoms with E-state index in [4.69, 9.17) is 10.8 Å². The molecule has 1 aromatic rings. The Morgan fingerprint density at radius 3 is 2.79 bits per heavy atom. The number of anilines is 1. The van der Waals surface area contributed by atoms with Crippen LogP contribution in [0.4, 0.5) is 5.69 Å². The highest BCUT2D eigenvalue weighted by Crippen LogP contribution is 2.31. The van der Waals surface area contributed by atoms with E-state index >= 15 is 0 Å². The molecule has 2 unspecified atom stereocenters. The molecule has 6 nitrogen and oxygen atoms in total. The van der Waals surface area contributed by atoms with Gasteiger partial charge in [-0.1, -0.05) is 6.42 Å². The minimum absolute atomic E-state index is 0.0429. The fourth-order valence-corrected chi connectivity index (χ4v) is 2.49. The number of carboxylic acid groups (broad SMARTS) is 1. The molecule has 0 saturated heterocycles. The van der Waals surface area contributed by atoms with Crippen LogP contribution in [-0.4, -0.2) is 28.5 Å². The highest BCUT2D eigenvalue weighted by atomic mass is 16.4. The van der Waals surface area contributed by atoms with Crippen molar-refractivity contribution in [3.63, 3.8) is 0 Å². The first-order valence-corrected chi connectivity index (χ1v) is 6.32. The summed E-state index contributed by atoms with van der Waals surface area (Å²) in [5, 5.41) is 11.5. The second-order valence-electron chi connectivity index (χ2n) is 4.76. The molecule has 0 radical (unpaired) electrons. The maximum atomic E-state index is 12.1. The maximum absolute atomic E-state index is 12.1. The first-order valence-electron chi connectivity index (χ1n) is 6.32. The van der Waals surface area contributed by atoms with Gasteiger partial charge in [0.25, 0.3) is 0 Å². The van der Waals surface area contributed by atoms with Crippen LogP contribution in [0.2, 0.25) is 0 Å². The molecule has 1 aromatic heterocycles. The Bertz CT molecular complexity index is 473. The Balaban J connectivity index is 2.00. The Morgan fingerprint density at radius 1 is 1.42 bits per heavy atom. The lowest BCUT2D eigenvalue weighted by molar-refractivity contribution is -0.120. The van der Waals surface area contributed by atoms with Crippen LogP contribution in [-0.2, 0) is 4.79 Å². The summed E-state index contributed by atoms with van der Waals surface area (Å²) in [6, 6.07) is 2.91. The van der Waals surface area contributed by atoms with Gasteiger partial charge < -0.3 is 16.2 Å². The summed E-state index contributed by atoms with van der Waals surface area (Å²) >= 11 is 0. The molecule has 19 heavy (non-hydrogen) atoms. The Labute approximate surface area is 111 Å². The minimum Gasteiger partial charge on any atom is -0.477 e. The minimum atomic E-state index is -1.09. The lowest BCUT2D eigenvalue weighted by atomic mass is 9.95. The van der Waals surface area contributed by atoms with Crippen LogP contribution >= 0.6 is 0 Å².